The number of benzene rings is 1. The molecule has 0 saturated heterocycles. The summed E-state index contributed by atoms with van der Waals surface area (Å²) in [4.78, 5) is 38.7. The molecule has 230 valence electrons. The number of hydrogen-bond donors (Lipinski definition) is 3. The third-order valence-corrected chi connectivity index (χ3v) is 10.4. The van der Waals surface area contributed by atoms with Gasteiger partial charge in [0, 0.05) is 18.2 Å². The van der Waals surface area contributed by atoms with Crippen LogP contribution in [0.15, 0.2) is 23.8 Å². The van der Waals surface area contributed by atoms with E-state index in [9.17, 15) is 32.7 Å². The number of allylic oxidation sites excluding steroid dienone is 1. The van der Waals surface area contributed by atoms with E-state index >= 15 is 0 Å². The fourth-order valence-electron chi connectivity index (χ4n) is 6.99. The highest BCUT2D eigenvalue weighted by Gasteiger charge is 2.56. The summed E-state index contributed by atoms with van der Waals surface area (Å²) in [5.74, 6) is -4.65. The van der Waals surface area contributed by atoms with Crippen LogP contribution in [0.2, 0.25) is 0 Å². The summed E-state index contributed by atoms with van der Waals surface area (Å²) < 4.78 is 53.7. The molecule has 8 nitrogen and oxygen atoms in total. The second kappa shape index (κ2) is 11.1. The number of carboxylic acids is 1. The van der Waals surface area contributed by atoms with E-state index in [-0.39, 0.29) is 52.3 Å². The summed E-state index contributed by atoms with van der Waals surface area (Å²) in [5.41, 5.74) is -0.898. The molecule has 2 bridgehead atoms. The maximum atomic E-state index is 15.0. The molecule has 0 unspecified atom stereocenters. The number of carboxylic acid groups (broad SMARTS) is 1. The van der Waals surface area contributed by atoms with Crippen LogP contribution in [0.4, 0.5) is 13.2 Å². The lowest BCUT2D eigenvalue weighted by molar-refractivity contribution is -0.150. The van der Waals surface area contributed by atoms with Gasteiger partial charge < -0.3 is 25.2 Å². The third-order valence-electron chi connectivity index (χ3n) is 10.4. The van der Waals surface area contributed by atoms with Gasteiger partial charge in [0.25, 0.3) is 12.0 Å². The monoisotopic (exact) mass is 592 g/mol. The van der Waals surface area contributed by atoms with E-state index < -0.39 is 53.2 Å². The topological polar surface area (TPSA) is 114 Å². The van der Waals surface area contributed by atoms with Crippen molar-refractivity contribution < 1.29 is 42.1 Å². The molecule has 11 heteroatoms. The first-order valence-corrected chi connectivity index (χ1v) is 14.7. The van der Waals surface area contributed by atoms with Gasteiger partial charge in [0.15, 0.2) is 11.6 Å². The molecular formula is C31H39F3N2O6. The van der Waals surface area contributed by atoms with Gasteiger partial charge in [-0.2, -0.15) is 8.78 Å². The van der Waals surface area contributed by atoms with Crippen LogP contribution in [0.5, 0.6) is 11.5 Å². The molecule has 1 aromatic carbocycles. The lowest BCUT2D eigenvalue weighted by Crippen LogP contribution is -2.52. The van der Waals surface area contributed by atoms with Crippen LogP contribution in [-0.4, -0.2) is 48.2 Å². The highest BCUT2D eigenvalue weighted by molar-refractivity contribution is 5.98. The Kier molecular flexibility index (Phi) is 8.00. The largest absolute Gasteiger partial charge is 0.496 e. The van der Waals surface area contributed by atoms with E-state index in [1.54, 1.807) is 6.92 Å². The summed E-state index contributed by atoms with van der Waals surface area (Å²) >= 11 is 0. The summed E-state index contributed by atoms with van der Waals surface area (Å²) in [6.45, 7) is 5.67. The van der Waals surface area contributed by atoms with Crippen molar-refractivity contribution in [2.75, 3.05) is 7.11 Å². The Morgan fingerprint density at radius 2 is 1.74 bits per heavy atom. The number of carbonyl (C=O) groups is 3. The Morgan fingerprint density at radius 3 is 2.31 bits per heavy atom. The number of nitrogens with one attached hydrogen (secondary N) is 2. The Bertz CT molecular complexity index is 1300. The van der Waals surface area contributed by atoms with Gasteiger partial charge in [0.1, 0.15) is 5.75 Å². The van der Waals surface area contributed by atoms with Crippen molar-refractivity contribution in [1.29, 1.82) is 0 Å². The lowest BCUT2D eigenvalue weighted by atomic mass is 9.75. The highest BCUT2D eigenvalue weighted by atomic mass is 19.3. The van der Waals surface area contributed by atoms with E-state index in [0.29, 0.717) is 32.1 Å². The number of aliphatic carboxylic acids is 1. The minimum Gasteiger partial charge on any atom is -0.496 e. The molecule has 4 fully saturated rings. The van der Waals surface area contributed by atoms with Crippen molar-refractivity contribution in [2.24, 2.45) is 28.6 Å². The van der Waals surface area contributed by atoms with Gasteiger partial charge >= 0.3 is 5.97 Å². The van der Waals surface area contributed by atoms with Crippen LogP contribution in [0, 0.1) is 34.4 Å². The van der Waals surface area contributed by atoms with Gasteiger partial charge in [0.2, 0.25) is 5.91 Å². The van der Waals surface area contributed by atoms with Crippen molar-refractivity contribution in [3.8, 4) is 11.5 Å². The molecule has 0 spiro atoms. The smallest absolute Gasteiger partial charge is 0.309 e. The van der Waals surface area contributed by atoms with Gasteiger partial charge in [-0.3, -0.25) is 14.4 Å². The maximum absolute atomic E-state index is 15.0. The number of methoxy groups -OCH3 is 1. The molecule has 42 heavy (non-hydrogen) atoms. The molecule has 1 aromatic rings. The average molecular weight is 593 g/mol. The Hall–Kier alpha value is -3.24. The van der Waals surface area contributed by atoms with Crippen molar-refractivity contribution in [2.45, 2.75) is 90.3 Å². The van der Waals surface area contributed by atoms with Crippen LogP contribution in [0.25, 0.3) is 0 Å². The summed E-state index contributed by atoms with van der Waals surface area (Å²) in [5, 5.41) is 15.4. The van der Waals surface area contributed by atoms with Crippen LogP contribution in [0.3, 0.4) is 0 Å². The Morgan fingerprint density at radius 1 is 1.07 bits per heavy atom. The summed E-state index contributed by atoms with van der Waals surface area (Å²) in [7, 11) is 1.30. The Balaban J connectivity index is 1.35. The summed E-state index contributed by atoms with van der Waals surface area (Å²) in [6.07, 6.45) is 1.81. The van der Waals surface area contributed by atoms with E-state index in [1.165, 1.54) is 13.2 Å². The Labute approximate surface area is 243 Å². The minimum atomic E-state index is -1.76. The molecule has 0 radical (unpaired) electrons. The lowest BCUT2D eigenvalue weighted by Gasteiger charge is -2.34. The molecule has 4 saturated carbocycles. The van der Waals surface area contributed by atoms with Crippen LogP contribution in [0.1, 0.15) is 82.5 Å². The molecule has 0 aliphatic heterocycles. The predicted molar refractivity (Wildman–Crippen MR) is 147 cm³/mol. The quantitative estimate of drug-likeness (QED) is 0.351. The van der Waals surface area contributed by atoms with E-state index in [2.05, 4.69) is 17.6 Å². The number of halogens is 3. The number of amides is 2. The molecule has 5 atom stereocenters. The fraction of sp³-hybridized carbons (Fsp3) is 0.645. The highest BCUT2D eigenvalue weighted by Crippen LogP contribution is 2.54. The third kappa shape index (κ3) is 5.58. The molecular weight excluding hydrogens is 553 g/mol. The first-order valence-electron chi connectivity index (χ1n) is 14.7. The molecule has 4 aliphatic carbocycles. The second-order valence-corrected chi connectivity index (χ2v) is 13.2. The van der Waals surface area contributed by atoms with Gasteiger partial charge in [-0.1, -0.05) is 6.92 Å². The molecule has 0 aromatic heterocycles. The van der Waals surface area contributed by atoms with Crippen molar-refractivity contribution in [3.63, 3.8) is 0 Å². The van der Waals surface area contributed by atoms with Gasteiger partial charge in [-0.05, 0) is 94.1 Å². The number of hydrogen-bond acceptors (Lipinski definition) is 5. The van der Waals surface area contributed by atoms with Crippen molar-refractivity contribution >= 4 is 17.8 Å². The number of fused-ring (bicyclic) bond motifs is 2. The molecule has 4 aliphatic rings. The zero-order valence-electron chi connectivity index (χ0n) is 24.4. The maximum Gasteiger partial charge on any atom is 0.309 e. The predicted octanol–water partition coefficient (Wildman–Crippen LogP) is 5.46. The van der Waals surface area contributed by atoms with Crippen LogP contribution < -0.4 is 20.1 Å². The fourth-order valence-corrected chi connectivity index (χ4v) is 6.99. The number of rotatable bonds is 9. The van der Waals surface area contributed by atoms with E-state index in [4.69, 9.17) is 9.47 Å². The minimum absolute atomic E-state index is 0.00619. The van der Waals surface area contributed by atoms with Gasteiger partial charge in [-0.25, -0.2) is 4.39 Å². The van der Waals surface area contributed by atoms with Crippen molar-refractivity contribution in [1.82, 2.24) is 10.6 Å². The summed E-state index contributed by atoms with van der Waals surface area (Å²) in [6, 6.07) is 1.49. The molecule has 2 amide bonds. The van der Waals surface area contributed by atoms with Crippen LogP contribution in [-0.2, 0) is 9.59 Å². The van der Waals surface area contributed by atoms with Crippen molar-refractivity contribution in [3.05, 3.63) is 35.2 Å². The first-order chi connectivity index (χ1) is 19.8. The standard InChI is InChI=1S/C31H39F3N2O6/c1-15(30(2)9-10-30)35-28(38)24-18-11-16(12-19(18)26(33)34)25(24)36-27(37)20-13-23(21(32)14-22(20)41-4)42-17-5-7-31(3,8-6-17)29(39)40/h13-18,24-25H,5-12H2,1-4H3,(H,35,38)(H,36,37)(H,39,40)/t15-,16+,17?,18-,24-,25+,31?/m0/s1. The average Bonchev–Trinajstić information content (AvgIpc) is 3.41. The van der Waals surface area contributed by atoms with E-state index in [0.717, 1.165) is 18.9 Å². The molecule has 0 heterocycles. The second-order valence-electron chi connectivity index (χ2n) is 13.2. The molecule has 3 N–H and O–H groups in total. The number of ether oxygens (including phenoxy) is 2. The van der Waals surface area contributed by atoms with E-state index in [1.807, 2.05) is 6.92 Å². The SMILES string of the molecule is COc1cc(F)c(OC2CCC(C)(C(=O)O)CC2)cc1C(=O)N[C@@H]1[C@H]2CC(=C(F)F)[C@H](C2)[C@@H]1C(=O)N[C@@H](C)C1(C)CC1. The zero-order chi connectivity index (χ0) is 30.6. The first kappa shape index (κ1) is 30.2. The number of carbonyl (C=O) groups excluding carboxylic acids is 2. The molecule has 5 rings (SSSR count). The van der Waals surface area contributed by atoms with Gasteiger partial charge in [-0.15, -0.1) is 0 Å². The van der Waals surface area contributed by atoms with Crippen LogP contribution >= 0.6 is 0 Å². The zero-order valence-corrected chi connectivity index (χ0v) is 24.4. The normalized spacial score (nSPS) is 31.7. The van der Waals surface area contributed by atoms with Gasteiger partial charge in [0.05, 0.1) is 30.1 Å².